The third-order valence-corrected chi connectivity index (χ3v) is 6.49. The molecule has 2 aliphatic rings. The van der Waals surface area contributed by atoms with Crippen molar-refractivity contribution in [3.05, 3.63) is 86.9 Å². The van der Waals surface area contributed by atoms with Gasteiger partial charge in [0.2, 0.25) is 0 Å². The standard InChI is InChI=1S/C27H27NO4/c29-24(31-17-18-8-2-1-3-9-18)15-5-4-14-22-27(30)32-23-16-20-12-6-10-19-11-7-13-21(25(19)20)26(23)28-22/h1-3,7-9,11,16,19H,4-6,10,12-15,17H2/t19-/m1/s1. The van der Waals surface area contributed by atoms with E-state index in [4.69, 9.17) is 14.1 Å². The van der Waals surface area contributed by atoms with E-state index < -0.39 is 0 Å². The predicted octanol–water partition coefficient (Wildman–Crippen LogP) is 5.18. The number of aromatic nitrogens is 1. The molecular weight excluding hydrogens is 402 g/mol. The average Bonchev–Trinajstić information content (AvgIpc) is 2.82. The van der Waals surface area contributed by atoms with Crippen molar-refractivity contribution < 1.29 is 13.9 Å². The van der Waals surface area contributed by atoms with Crippen LogP contribution in [0.1, 0.15) is 66.0 Å². The maximum Gasteiger partial charge on any atom is 0.358 e. The molecule has 0 unspecified atom stereocenters. The molecule has 0 N–H and O–H groups in total. The van der Waals surface area contributed by atoms with Crippen molar-refractivity contribution in [2.24, 2.45) is 0 Å². The Morgan fingerprint density at radius 1 is 1.19 bits per heavy atom. The van der Waals surface area contributed by atoms with Gasteiger partial charge in [-0.1, -0.05) is 42.5 Å². The summed E-state index contributed by atoms with van der Waals surface area (Å²) in [5.74, 6) is 0.243. The van der Waals surface area contributed by atoms with Crippen molar-refractivity contribution in [1.29, 1.82) is 0 Å². The first-order valence-electron chi connectivity index (χ1n) is 11.5. The van der Waals surface area contributed by atoms with E-state index >= 15 is 0 Å². The molecule has 3 aromatic rings. The maximum absolute atomic E-state index is 12.5. The molecule has 5 rings (SSSR count). The van der Waals surface area contributed by atoms with E-state index in [-0.39, 0.29) is 18.2 Å². The maximum atomic E-state index is 12.5. The molecular formula is C27H27NO4. The molecule has 0 radical (unpaired) electrons. The van der Waals surface area contributed by atoms with Crippen LogP contribution in [0.15, 0.2) is 57.8 Å². The van der Waals surface area contributed by atoms with Gasteiger partial charge in [0, 0.05) is 12.3 Å². The lowest BCUT2D eigenvalue weighted by atomic mass is 9.76. The summed E-state index contributed by atoms with van der Waals surface area (Å²) in [6.07, 6.45) is 10.9. The molecule has 0 bridgehead atoms. The quantitative estimate of drug-likeness (QED) is 0.294. The van der Waals surface area contributed by atoms with Gasteiger partial charge in [0.25, 0.3) is 0 Å². The smallest absolute Gasteiger partial charge is 0.358 e. The van der Waals surface area contributed by atoms with Gasteiger partial charge in [-0.05, 0) is 73.3 Å². The minimum Gasteiger partial charge on any atom is -0.461 e. The summed E-state index contributed by atoms with van der Waals surface area (Å²) < 4.78 is 11.0. The number of benzene rings is 2. The van der Waals surface area contributed by atoms with Gasteiger partial charge in [0.05, 0.1) is 0 Å². The van der Waals surface area contributed by atoms with Crippen LogP contribution in [0.4, 0.5) is 0 Å². The summed E-state index contributed by atoms with van der Waals surface area (Å²) in [5, 5.41) is 0. The van der Waals surface area contributed by atoms with Gasteiger partial charge < -0.3 is 9.15 Å². The summed E-state index contributed by atoms with van der Waals surface area (Å²) in [7, 11) is 0. The van der Waals surface area contributed by atoms with Crippen LogP contribution in [-0.2, 0) is 35.4 Å². The number of nitrogens with zero attached hydrogens (tertiary/aromatic N) is 1. The van der Waals surface area contributed by atoms with Gasteiger partial charge in [-0.3, -0.25) is 4.79 Å². The molecule has 32 heavy (non-hydrogen) atoms. The Hall–Kier alpha value is -3.21. The molecule has 1 heterocycles. The van der Waals surface area contributed by atoms with Crippen LogP contribution in [0.2, 0.25) is 0 Å². The second-order valence-corrected chi connectivity index (χ2v) is 8.71. The Labute approximate surface area is 187 Å². The lowest BCUT2D eigenvalue weighted by molar-refractivity contribution is -0.145. The van der Waals surface area contributed by atoms with E-state index in [1.165, 1.54) is 23.1 Å². The Kier molecular flexibility index (Phi) is 5.89. The van der Waals surface area contributed by atoms with E-state index in [2.05, 4.69) is 12.2 Å². The fourth-order valence-electron chi connectivity index (χ4n) is 4.92. The molecule has 5 nitrogen and oxygen atoms in total. The second-order valence-electron chi connectivity index (χ2n) is 8.71. The molecule has 1 atom stereocenters. The molecule has 164 valence electrons. The van der Waals surface area contributed by atoms with Gasteiger partial charge in [-0.25, -0.2) is 9.78 Å². The fraction of sp³-hybridized carbons (Fsp3) is 0.370. The van der Waals surface area contributed by atoms with Crippen LogP contribution in [0.3, 0.4) is 0 Å². The molecule has 0 spiro atoms. The van der Waals surface area contributed by atoms with E-state index in [1.807, 2.05) is 36.4 Å². The monoisotopic (exact) mass is 429 g/mol. The van der Waals surface area contributed by atoms with Crippen LogP contribution in [0.25, 0.3) is 11.1 Å². The van der Waals surface area contributed by atoms with Crippen molar-refractivity contribution in [3.8, 4) is 0 Å². The Morgan fingerprint density at radius 3 is 2.94 bits per heavy atom. The topological polar surface area (TPSA) is 69.4 Å². The van der Waals surface area contributed by atoms with Gasteiger partial charge in [-0.15, -0.1) is 0 Å². The summed E-state index contributed by atoms with van der Waals surface area (Å²) in [6, 6.07) is 11.7. The number of fused-ring (bicyclic) bond motifs is 2. The zero-order chi connectivity index (χ0) is 21.9. The number of allylic oxidation sites excluding steroid dienone is 2. The van der Waals surface area contributed by atoms with Crippen LogP contribution in [0.5, 0.6) is 0 Å². The number of hydrogen-bond acceptors (Lipinski definition) is 5. The number of aryl methyl sites for hydroxylation is 2. The minimum absolute atomic E-state index is 0.221. The summed E-state index contributed by atoms with van der Waals surface area (Å²) >= 11 is 0. The first-order chi connectivity index (χ1) is 15.7. The molecule has 2 aliphatic carbocycles. The van der Waals surface area contributed by atoms with Crippen LogP contribution in [-0.4, -0.2) is 11.0 Å². The van der Waals surface area contributed by atoms with Gasteiger partial charge in [0.15, 0.2) is 5.58 Å². The van der Waals surface area contributed by atoms with Gasteiger partial charge in [0.1, 0.15) is 17.8 Å². The first kappa shape index (κ1) is 20.7. The van der Waals surface area contributed by atoms with E-state index in [0.29, 0.717) is 42.9 Å². The number of carbonyl (C=O) groups excluding carboxylic acids is 1. The highest BCUT2D eigenvalue weighted by atomic mass is 16.5. The van der Waals surface area contributed by atoms with Crippen LogP contribution in [0, 0.1) is 0 Å². The summed E-state index contributed by atoms with van der Waals surface area (Å²) in [4.78, 5) is 29.3. The number of esters is 1. The third-order valence-electron chi connectivity index (χ3n) is 6.49. The molecule has 0 saturated heterocycles. The van der Waals surface area contributed by atoms with E-state index in [0.717, 1.165) is 30.3 Å². The SMILES string of the molecule is O=C(CCCCc1nc2c3c4c(cc2oc1=O)CCC[C@@H]4C=CC3)OCc1ccccc1. The van der Waals surface area contributed by atoms with E-state index in [9.17, 15) is 9.59 Å². The van der Waals surface area contributed by atoms with Crippen molar-refractivity contribution >= 4 is 17.1 Å². The van der Waals surface area contributed by atoms with Crippen molar-refractivity contribution in [2.75, 3.05) is 0 Å². The highest BCUT2D eigenvalue weighted by molar-refractivity contribution is 5.80. The average molecular weight is 430 g/mol. The molecule has 0 aliphatic heterocycles. The van der Waals surface area contributed by atoms with E-state index in [1.54, 1.807) is 0 Å². The van der Waals surface area contributed by atoms with Crippen LogP contribution < -0.4 is 5.63 Å². The molecule has 0 fully saturated rings. The molecule has 0 amide bonds. The number of carbonyl (C=O) groups is 1. The predicted molar refractivity (Wildman–Crippen MR) is 123 cm³/mol. The number of unbranched alkanes of at least 4 members (excludes halogenated alkanes) is 1. The molecule has 2 aromatic carbocycles. The largest absolute Gasteiger partial charge is 0.461 e. The zero-order valence-corrected chi connectivity index (χ0v) is 18.1. The summed E-state index contributed by atoms with van der Waals surface area (Å²) in [5.41, 5.74) is 6.42. The molecule has 0 saturated carbocycles. The molecule has 5 heteroatoms. The Morgan fingerprint density at radius 2 is 2.06 bits per heavy atom. The van der Waals surface area contributed by atoms with Crippen molar-refractivity contribution in [2.45, 2.75) is 63.9 Å². The van der Waals surface area contributed by atoms with Gasteiger partial charge in [-0.2, -0.15) is 0 Å². The first-order valence-corrected chi connectivity index (χ1v) is 11.5. The highest BCUT2D eigenvalue weighted by Crippen LogP contribution is 2.40. The number of rotatable bonds is 7. The lowest BCUT2D eigenvalue weighted by Gasteiger charge is -2.29. The van der Waals surface area contributed by atoms with Crippen molar-refractivity contribution in [3.63, 3.8) is 0 Å². The Balaban J connectivity index is 1.24. The Bertz CT molecular complexity index is 1230. The highest BCUT2D eigenvalue weighted by Gasteiger charge is 2.27. The van der Waals surface area contributed by atoms with Crippen LogP contribution >= 0.6 is 0 Å². The summed E-state index contributed by atoms with van der Waals surface area (Å²) in [6.45, 7) is 0.290. The number of hydrogen-bond donors (Lipinski definition) is 0. The second kappa shape index (κ2) is 9.11. The number of ether oxygens (including phenoxy) is 1. The lowest BCUT2D eigenvalue weighted by Crippen LogP contribution is -2.17. The van der Waals surface area contributed by atoms with Crippen molar-refractivity contribution in [1.82, 2.24) is 4.98 Å². The zero-order valence-electron chi connectivity index (χ0n) is 18.1. The normalized spacial score (nSPS) is 16.7. The fourth-order valence-corrected chi connectivity index (χ4v) is 4.92. The minimum atomic E-state index is -0.366. The van der Waals surface area contributed by atoms with Gasteiger partial charge >= 0.3 is 11.6 Å². The third kappa shape index (κ3) is 4.24. The molecule has 1 aromatic heterocycles.